The Bertz CT molecular complexity index is 218. The van der Waals surface area contributed by atoms with Crippen LogP contribution in [0.3, 0.4) is 0 Å². The zero-order valence-corrected chi connectivity index (χ0v) is 8.22. The van der Waals surface area contributed by atoms with Gasteiger partial charge in [-0.15, -0.1) is 0 Å². The summed E-state index contributed by atoms with van der Waals surface area (Å²) in [6.45, 7) is 1.85. The molecule has 2 aliphatic heterocycles. The normalized spacial score (nSPS) is 33.0. The molecular formula is C9H14F3NO2. The number of halogens is 3. The summed E-state index contributed by atoms with van der Waals surface area (Å²) < 4.78 is 46.9. The Labute approximate surface area is 85.9 Å². The molecule has 2 rings (SSSR count). The first-order chi connectivity index (χ1) is 7.05. The minimum Gasteiger partial charge on any atom is -0.373 e. The van der Waals surface area contributed by atoms with Crippen molar-refractivity contribution in [3.8, 4) is 0 Å². The number of rotatable bonds is 3. The fourth-order valence-corrected chi connectivity index (χ4v) is 1.69. The molecule has 0 amide bonds. The van der Waals surface area contributed by atoms with E-state index in [2.05, 4.69) is 5.32 Å². The van der Waals surface area contributed by atoms with Gasteiger partial charge in [-0.1, -0.05) is 0 Å². The fraction of sp³-hybridized carbons (Fsp3) is 1.00. The topological polar surface area (TPSA) is 30.5 Å². The van der Waals surface area contributed by atoms with E-state index in [0.717, 1.165) is 13.1 Å². The first-order valence-electron chi connectivity index (χ1n) is 5.10. The van der Waals surface area contributed by atoms with Crippen LogP contribution in [0.2, 0.25) is 0 Å². The van der Waals surface area contributed by atoms with Gasteiger partial charge in [-0.25, -0.2) is 0 Å². The van der Waals surface area contributed by atoms with Crippen molar-refractivity contribution in [2.24, 2.45) is 0 Å². The van der Waals surface area contributed by atoms with Gasteiger partial charge in [0.25, 0.3) is 0 Å². The number of hydrogen-bond donors (Lipinski definition) is 1. The lowest BCUT2D eigenvalue weighted by Crippen LogP contribution is -2.49. The second-order valence-corrected chi connectivity index (χ2v) is 3.98. The predicted molar refractivity (Wildman–Crippen MR) is 46.6 cm³/mol. The fourth-order valence-electron chi connectivity index (χ4n) is 1.69. The molecule has 2 unspecified atom stereocenters. The highest BCUT2D eigenvalue weighted by molar-refractivity contribution is 4.80. The number of ether oxygens (including phenoxy) is 2. The molecule has 2 saturated heterocycles. The van der Waals surface area contributed by atoms with E-state index in [1.54, 1.807) is 0 Å². The lowest BCUT2D eigenvalue weighted by Gasteiger charge is -2.28. The number of alkyl halides is 3. The van der Waals surface area contributed by atoms with Crippen LogP contribution in [0, 0.1) is 0 Å². The van der Waals surface area contributed by atoms with Crippen molar-refractivity contribution in [1.82, 2.24) is 5.32 Å². The van der Waals surface area contributed by atoms with Crippen molar-refractivity contribution in [2.75, 3.05) is 19.7 Å². The second kappa shape index (κ2) is 4.27. The van der Waals surface area contributed by atoms with Crippen molar-refractivity contribution in [1.29, 1.82) is 0 Å². The molecule has 0 aliphatic carbocycles. The van der Waals surface area contributed by atoms with Crippen LogP contribution in [-0.4, -0.2) is 44.2 Å². The lowest BCUT2D eigenvalue weighted by molar-refractivity contribution is -0.219. The average Bonchev–Trinajstić information content (AvgIpc) is 2.48. The van der Waals surface area contributed by atoms with E-state index in [9.17, 15) is 13.2 Å². The third-order valence-corrected chi connectivity index (χ3v) is 2.73. The largest absolute Gasteiger partial charge is 0.414 e. The van der Waals surface area contributed by atoms with Crippen LogP contribution in [0.25, 0.3) is 0 Å². The van der Waals surface area contributed by atoms with Gasteiger partial charge >= 0.3 is 6.18 Å². The third kappa shape index (κ3) is 2.83. The van der Waals surface area contributed by atoms with Crippen LogP contribution in [0.1, 0.15) is 12.8 Å². The maximum Gasteiger partial charge on any atom is 0.414 e. The van der Waals surface area contributed by atoms with Crippen molar-refractivity contribution in [3.63, 3.8) is 0 Å². The molecule has 0 radical (unpaired) electrons. The van der Waals surface area contributed by atoms with Gasteiger partial charge in [-0.2, -0.15) is 13.2 Å². The van der Waals surface area contributed by atoms with Gasteiger partial charge < -0.3 is 14.8 Å². The van der Waals surface area contributed by atoms with Crippen LogP contribution < -0.4 is 5.32 Å². The summed E-state index contributed by atoms with van der Waals surface area (Å²) in [7, 11) is 0. The first kappa shape index (κ1) is 11.2. The molecule has 0 bridgehead atoms. The Morgan fingerprint density at radius 1 is 1.27 bits per heavy atom. The molecule has 0 aromatic rings. The van der Waals surface area contributed by atoms with E-state index in [1.807, 2.05) is 0 Å². The Kier molecular flexibility index (Phi) is 3.18. The van der Waals surface area contributed by atoms with Crippen LogP contribution in [0.5, 0.6) is 0 Å². The highest BCUT2D eigenvalue weighted by Crippen LogP contribution is 2.33. The Balaban J connectivity index is 1.68. The molecule has 88 valence electrons. The van der Waals surface area contributed by atoms with Crippen LogP contribution in [0.15, 0.2) is 0 Å². The van der Waals surface area contributed by atoms with E-state index in [1.165, 1.54) is 0 Å². The predicted octanol–water partition coefficient (Wildman–Crippen LogP) is 1.08. The Hall–Kier alpha value is -0.330. The van der Waals surface area contributed by atoms with Crippen LogP contribution >= 0.6 is 0 Å². The molecule has 0 saturated carbocycles. The Morgan fingerprint density at radius 3 is 2.47 bits per heavy atom. The van der Waals surface area contributed by atoms with E-state index in [-0.39, 0.29) is 19.1 Å². The van der Waals surface area contributed by atoms with Gasteiger partial charge in [-0.05, 0) is 12.8 Å². The molecule has 15 heavy (non-hydrogen) atoms. The van der Waals surface area contributed by atoms with E-state index in [0.29, 0.717) is 6.42 Å². The smallest absolute Gasteiger partial charge is 0.373 e. The van der Waals surface area contributed by atoms with E-state index < -0.39 is 18.4 Å². The summed E-state index contributed by atoms with van der Waals surface area (Å²) in [5.41, 5.74) is 0. The SMILES string of the molecule is FC(F)(F)C1CCC(COC2CNC2)O1. The van der Waals surface area contributed by atoms with Crippen molar-refractivity contribution in [2.45, 2.75) is 37.3 Å². The minimum absolute atomic E-state index is 0.0560. The second-order valence-electron chi connectivity index (χ2n) is 3.98. The van der Waals surface area contributed by atoms with Gasteiger partial charge in [0.1, 0.15) is 0 Å². The molecule has 1 N–H and O–H groups in total. The number of nitrogens with one attached hydrogen (secondary N) is 1. The average molecular weight is 225 g/mol. The van der Waals surface area contributed by atoms with Crippen molar-refractivity contribution >= 4 is 0 Å². The summed E-state index contributed by atoms with van der Waals surface area (Å²) >= 11 is 0. The van der Waals surface area contributed by atoms with Gasteiger partial charge in [0.2, 0.25) is 0 Å². The summed E-state index contributed by atoms with van der Waals surface area (Å²) in [4.78, 5) is 0. The molecule has 3 nitrogen and oxygen atoms in total. The monoisotopic (exact) mass is 225 g/mol. The van der Waals surface area contributed by atoms with Crippen molar-refractivity contribution in [3.05, 3.63) is 0 Å². The zero-order valence-electron chi connectivity index (χ0n) is 8.22. The lowest BCUT2D eigenvalue weighted by atomic mass is 10.2. The van der Waals surface area contributed by atoms with Crippen LogP contribution in [0.4, 0.5) is 13.2 Å². The summed E-state index contributed by atoms with van der Waals surface area (Å²) in [5, 5.41) is 3.02. The summed E-state index contributed by atoms with van der Waals surface area (Å²) in [6.07, 6.45) is -5.57. The first-order valence-corrected chi connectivity index (χ1v) is 5.10. The molecule has 2 fully saturated rings. The zero-order chi connectivity index (χ0) is 10.9. The third-order valence-electron chi connectivity index (χ3n) is 2.73. The number of hydrogen-bond acceptors (Lipinski definition) is 3. The maximum atomic E-state index is 12.2. The molecule has 6 heteroatoms. The van der Waals surface area contributed by atoms with Gasteiger partial charge in [0, 0.05) is 13.1 Å². The van der Waals surface area contributed by atoms with Crippen LogP contribution in [-0.2, 0) is 9.47 Å². The quantitative estimate of drug-likeness (QED) is 0.779. The summed E-state index contributed by atoms with van der Waals surface area (Å²) in [6, 6.07) is 0. The molecule has 2 atom stereocenters. The van der Waals surface area contributed by atoms with Gasteiger partial charge in [-0.3, -0.25) is 0 Å². The highest BCUT2D eigenvalue weighted by Gasteiger charge is 2.45. The summed E-state index contributed by atoms with van der Waals surface area (Å²) in [5.74, 6) is 0. The molecule has 0 aromatic carbocycles. The Morgan fingerprint density at radius 2 is 2.00 bits per heavy atom. The van der Waals surface area contributed by atoms with Gasteiger partial charge in [0.05, 0.1) is 18.8 Å². The highest BCUT2D eigenvalue weighted by atomic mass is 19.4. The standard InChI is InChI=1S/C9H14F3NO2/c10-9(11,12)8-2-1-6(15-8)5-14-7-3-13-4-7/h6-8,13H,1-5H2. The van der Waals surface area contributed by atoms with E-state index in [4.69, 9.17) is 9.47 Å². The molecular weight excluding hydrogens is 211 g/mol. The molecule has 2 heterocycles. The molecule has 2 aliphatic rings. The van der Waals surface area contributed by atoms with E-state index >= 15 is 0 Å². The molecule has 0 spiro atoms. The molecule has 0 aromatic heterocycles. The van der Waals surface area contributed by atoms with Gasteiger partial charge in [0.15, 0.2) is 6.10 Å². The maximum absolute atomic E-state index is 12.2. The minimum atomic E-state index is -4.23. The van der Waals surface area contributed by atoms with Crippen molar-refractivity contribution < 1.29 is 22.6 Å².